The Morgan fingerprint density at radius 3 is 2.45 bits per heavy atom. The molecule has 0 aliphatic heterocycles. The molecule has 3 rings (SSSR count). The van der Waals surface area contributed by atoms with E-state index in [1.807, 2.05) is 0 Å². The Morgan fingerprint density at radius 2 is 1.65 bits per heavy atom. The third kappa shape index (κ3) is 3.58. The Morgan fingerprint density at radius 1 is 0.900 bits per heavy atom. The Hall–Kier alpha value is -0.500. The lowest BCUT2D eigenvalue weighted by atomic mass is 9.71. The molecule has 0 radical (unpaired) electrons. The molecule has 0 amide bonds. The van der Waals surface area contributed by atoms with Crippen LogP contribution in [0.5, 0.6) is 0 Å². The molecule has 2 unspecified atom stereocenters. The van der Waals surface area contributed by atoms with E-state index in [9.17, 15) is 0 Å². The summed E-state index contributed by atoms with van der Waals surface area (Å²) >= 11 is 3.58. The van der Waals surface area contributed by atoms with Crippen molar-refractivity contribution in [1.82, 2.24) is 0 Å². The molecule has 2 atom stereocenters. The van der Waals surface area contributed by atoms with Crippen molar-refractivity contribution < 1.29 is 0 Å². The highest BCUT2D eigenvalue weighted by Crippen LogP contribution is 2.39. The van der Waals surface area contributed by atoms with Crippen LogP contribution in [0.2, 0.25) is 0 Å². The molecular formula is C18H26BrN. The molecule has 2 aliphatic carbocycles. The lowest BCUT2D eigenvalue weighted by molar-refractivity contribution is 0.180. The van der Waals surface area contributed by atoms with Gasteiger partial charge in [0.05, 0.1) is 0 Å². The Labute approximate surface area is 131 Å². The third-order valence-electron chi connectivity index (χ3n) is 5.25. The molecule has 0 heterocycles. The lowest BCUT2D eigenvalue weighted by Gasteiger charge is -2.39. The average Bonchev–Trinajstić information content (AvgIpc) is 2.49. The summed E-state index contributed by atoms with van der Waals surface area (Å²) in [6.07, 6.45) is 13.0. The quantitative estimate of drug-likeness (QED) is 0.714. The van der Waals surface area contributed by atoms with Crippen LogP contribution in [0.25, 0.3) is 0 Å². The van der Waals surface area contributed by atoms with Gasteiger partial charge in [-0.25, -0.2) is 0 Å². The fourth-order valence-corrected chi connectivity index (χ4v) is 4.66. The SMILES string of the molecule is Brc1cccc(NC2CCCCC2C2CCCCC2)c1. The Balaban J connectivity index is 1.68. The number of halogens is 1. The average molecular weight is 336 g/mol. The molecule has 2 fully saturated rings. The van der Waals surface area contributed by atoms with E-state index in [2.05, 4.69) is 45.5 Å². The zero-order valence-corrected chi connectivity index (χ0v) is 13.9. The second-order valence-electron chi connectivity index (χ2n) is 6.61. The van der Waals surface area contributed by atoms with Crippen molar-refractivity contribution in [3.63, 3.8) is 0 Å². The third-order valence-corrected chi connectivity index (χ3v) is 5.74. The van der Waals surface area contributed by atoms with Gasteiger partial charge in [0.25, 0.3) is 0 Å². The predicted molar refractivity (Wildman–Crippen MR) is 90.1 cm³/mol. The zero-order chi connectivity index (χ0) is 13.8. The fourth-order valence-electron chi connectivity index (χ4n) is 4.26. The van der Waals surface area contributed by atoms with Crippen molar-refractivity contribution in [2.24, 2.45) is 11.8 Å². The summed E-state index contributed by atoms with van der Waals surface area (Å²) in [7, 11) is 0. The van der Waals surface area contributed by atoms with Crippen LogP contribution < -0.4 is 5.32 Å². The summed E-state index contributed by atoms with van der Waals surface area (Å²) in [5.41, 5.74) is 1.28. The van der Waals surface area contributed by atoms with E-state index in [1.54, 1.807) is 0 Å². The first kappa shape index (κ1) is 14.4. The normalized spacial score (nSPS) is 28.2. The van der Waals surface area contributed by atoms with Gasteiger partial charge in [0, 0.05) is 16.2 Å². The van der Waals surface area contributed by atoms with Gasteiger partial charge in [-0.1, -0.05) is 66.9 Å². The van der Waals surface area contributed by atoms with E-state index >= 15 is 0 Å². The van der Waals surface area contributed by atoms with Crippen LogP contribution in [0.15, 0.2) is 28.7 Å². The molecule has 1 aromatic rings. The summed E-state index contributed by atoms with van der Waals surface area (Å²) in [4.78, 5) is 0. The fraction of sp³-hybridized carbons (Fsp3) is 0.667. The van der Waals surface area contributed by atoms with E-state index in [4.69, 9.17) is 0 Å². The number of hydrogen-bond donors (Lipinski definition) is 1. The summed E-state index contributed by atoms with van der Waals surface area (Å²) in [6.45, 7) is 0. The molecular weight excluding hydrogens is 310 g/mol. The van der Waals surface area contributed by atoms with Crippen LogP contribution in [0, 0.1) is 11.8 Å². The standard InChI is InChI=1S/C18H26BrN/c19-15-9-6-10-16(13-15)20-18-12-5-4-11-17(18)14-7-2-1-3-8-14/h6,9-10,13-14,17-18,20H,1-5,7-8,11-12H2. The first-order valence-electron chi connectivity index (χ1n) is 8.35. The van der Waals surface area contributed by atoms with Gasteiger partial charge in [-0.2, -0.15) is 0 Å². The van der Waals surface area contributed by atoms with Crippen molar-refractivity contribution in [2.75, 3.05) is 5.32 Å². The number of benzene rings is 1. The minimum Gasteiger partial charge on any atom is -0.382 e. The molecule has 2 aliphatic rings. The summed E-state index contributed by atoms with van der Waals surface area (Å²) < 4.78 is 1.17. The van der Waals surface area contributed by atoms with Gasteiger partial charge in [0.15, 0.2) is 0 Å². The maximum absolute atomic E-state index is 3.84. The van der Waals surface area contributed by atoms with Crippen molar-refractivity contribution in [2.45, 2.75) is 63.8 Å². The topological polar surface area (TPSA) is 12.0 Å². The van der Waals surface area contributed by atoms with Gasteiger partial charge in [-0.15, -0.1) is 0 Å². The number of anilines is 1. The van der Waals surface area contributed by atoms with Gasteiger partial charge in [-0.05, 0) is 42.9 Å². The van der Waals surface area contributed by atoms with Gasteiger partial charge < -0.3 is 5.32 Å². The highest BCUT2D eigenvalue weighted by atomic mass is 79.9. The van der Waals surface area contributed by atoms with E-state index in [1.165, 1.54) is 67.9 Å². The lowest BCUT2D eigenvalue weighted by Crippen LogP contribution is -2.37. The molecule has 1 aromatic carbocycles. The van der Waals surface area contributed by atoms with Crippen molar-refractivity contribution in [3.05, 3.63) is 28.7 Å². The minimum absolute atomic E-state index is 0.696. The molecule has 110 valence electrons. The summed E-state index contributed by atoms with van der Waals surface area (Å²) in [6, 6.07) is 9.35. The van der Waals surface area contributed by atoms with Gasteiger partial charge >= 0.3 is 0 Å². The highest BCUT2D eigenvalue weighted by Gasteiger charge is 2.32. The molecule has 1 N–H and O–H groups in total. The first-order chi connectivity index (χ1) is 9.83. The molecule has 0 aromatic heterocycles. The molecule has 0 bridgehead atoms. The molecule has 2 heteroatoms. The smallest absolute Gasteiger partial charge is 0.0353 e. The van der Waals surface area contributed by atoms with Gasteiger partial charge in [-0.3, -0.25) is 0 Å². The zero-order valence-electron chi connectivity index (χ0n) is 12.3. The van der Waals surface area contributed by atoms with Crippen LogP contribution >= 0.6 is 15.9 Å². The largest absolute Gasteiger partial charge is 0.382 e. The van der Waals surface area contributed by atoms with Crippen molar-refractivity contribution in [3.8, 4) is 0 Å². The van der Waals surface area contributed by atoms with E-state index in [0.29, 0.717) is 6.04 Å². The molecule has 20 heavy (non-hydrogen) atoms. The monoisotopic (exact) mass is 335 g/mol. The van der Waals surface area contributed by atoms with Gasteiger partial charge in [0.1, 0.15) is 0 Å². The van der Waals surface area contributed by atoms with E-state index in [-0.39, 0.29) is 0 Å². The maximum atomic E-state index is 3.84. The molecule has 1 nitrogen and oxygen atoms in total. The van der Waals surface area contributed by atoms with Gasteiger partial charge in [0.2, 0.25) is 0 Å². The number of rotatable bonds is 3. The van der Waals surface area contributed by atoms with E-state index < -0.39 is 0 Å². The van der Waals surface area contributed by atoms with Crippen LogP contribution in [-0.2, 0) is 0 Å². The Bertz CT molecular complexity index is 425. The summed E-state index contributed by atoms with van der Waals surface area (Å²) in [5, 5.41) is 3.84. The van der Waals surface area contributed by atoms with Crippen LogP contribution in [-0.4, -0.2) is 6.04 Å². The van der Waals surface area contributed by atoms with Crippen molar-refractivity contribution >= 4 is 21.6 Å². The molecule has 0 saturated heterocycles. The van der Waals surface area contributed by atoms with Crippen LogP contribution in [0.1, 0.15) is 57.8 Å². The molecule has 0 spiro atoms. The number of nitrogens with one attached hydrogen (secondary N) is 1. The first-order valence-corrected chi connectivity index (χ1v) is 9.14. The summed E-state index contributed by atoms with van der Waals surface area (Å²) in [5.74, 6) is 1.89. The second-order valence-corrected chi connectivity index (χ2v) is 7.52. The van der Waals surface area contributed by atoms with Crippen LogP contribution in [0.4, 0.5) is 5.69 Å². The highest BCUT2D eigenvalue weighted by molar-refractivity contribution is 9.10. The molecule has 2 saturated carbocycles. The van der Waals surface area contributed by atoms with Crippen LogP contribution in [0.3, 0.4) is 0 Å². The maximum Gasteiger partial charge on any atom is 0.0353 e. The predicted octanol–water partition coefficient (Wildman–Crippen LogP) is 6.00. The van der Waals surface area contributed by atoms with Crippen molar-refractivity contribution in [1.29, 1.82) is 0 Å². The number of hydrogen-bond acceptors (Lipinski definition) is 1. The second kappa shape index (κ2) is 6.98. The Kier molecular flexibility index (Phi) is 5.04. The van der Waals surface area contributed by atoms with E-state index in [0.717, 1.165) is 11.8 Å². The minimum atomic E-state index is 0.696.